The second-order valence-corrected chi connectivity index (χ2v) is 5.03. The molecule has 0 aliphatic rings. The number of hydrogen-bond acceptors (Lipinski definition) is 3. The quantitative estimate of drug-likeness (QED) is 0.633. The molecule has 0 atom stereocenters. The largest absolute Gasteiger partial charge is 0.393 e. The van der Waals surface area contributed by atoms with Crippen molar-refractivity contribution in [3.8, 4) is 0 Å². The predicted octanol–water partition coefficient (Wildman–Crippen LogP) is 1.24. The normalized spacial score (nSPS) is 10.6. The summed E-state index contributed by atoms with van der Waals surface area (Å²) in [6, 6.07) is 0. The molecule has 0 saturated carbocycles. The first-order chi connectivity index (χ1) is 7.97. The Labute approximate surface area is 110 Å². The van der Waals surface area contributed by atoms with E-state index in [2.05, 4.69) is 4.90 Å². The number of hydrogen-bond donors (Lipinski definition) is 1. The summed E-state index contributed by atoms with van der Waals surface area (Å²) in [5.41, 5.74) is 5.48. The van der Waals surface area contributed by atoms with Gasteiger partial charge in [-0.3, -0.25) is 4.79 Å². The van der Waals surface area contributed by atoms with Crippen LogP contribution in [-0.4, -0.2) is 54.4 Å². The lowest BCUT2D eigenvalue weighted by molar-refractivity contribution is -0.131. The summed E-state index contributed by atoms with van der Waals surface area (Å²) >= 11 is 4.85. The molecule has 0 spiro atoms. The van der Waals surface area contributed by atoms with E-state index in [1.807, 2.05) is 25.9 Å². The maximum absolute atomic E-state index is 11.9. The lowest BCUT2D eigenvalue weighted by Gasteiger charge is -2.23. The molecule has 2 N–H and O–H groups in total. The molecule has 0 aliphatic heterocycles. The summed E-state index contributed by atoms with van der Waals surface area (Å²) in [5, 5.41) is 0. The molecule has 0 fully saturated rings. The van der Waals surface area contributed by atoms with Crippen LogP contribution < -0.4 is 5.73 Å². The van der Waals surface area contributed by atoms with E-state index in [1.54, 1.807) is 0 Å². The van der Waals surface area contributed by atoms with Gasteiger partial charge in [0, 0.05) is 25.9 Å². The summed E-state index contributed by atoms with van der Waals surface area (Å²) in [4.78, 5) is 16.3. The van der Waals surface area contributed by atoms with E-state index in [-0.39, 0.29) is 5.91 Å². The third-order valence-corrected chi connectivity index (χ3v) is 2.68. The first kappa shape index (κ1) is 16.3. The molecule has 0 radical (unpaired) electrons. The topological polar surface area (TPSA) is 49.6 Å². The van der Waals surface area contributed by atoms with Crippen molar-refractivity contribution < 1.29 is 4.79 Å². The van der Waals surface area contributed by atoms with Crippen molar-refractivity contribution in [3.05, 3.63) is 0 Å². The maximum Gasteiger partial charge on any atom is 0.222 e. The Balaban J connectivity index is 4.09. The molecule has 100 valence electrons. The molecule has 0 aliphatic carbocycles. The SMILES string of the molecule is CCCC(=O)N(CCCN(C)C)CCC(N)=S. The standard InChI is InChI=1S/C12H25N3OS/c1-4-6-12(16)15(10-7-11(13)17)9-5-8-14(2)3/h4-10H2,1-3H3,(H2,13,17). The molecule has 0 unspecified atom stereocenters. The first-order valence-corrected chi connectivity index (χ1v) is 6.59. The van der Waals surface area contributed by atoms with Crippen LogP contribution in [0.25, 0.3) is 0 Å². The second-order valence-electron chi connectivity index (χ2n) is 4.50. The van der Waals surface area contributed by atoms with Crippen LogP contribution in [0.1, 0.15) is 32.6 Å². The summed E-state index contributed by atoms with van der Waals surface area (Å²) in [6.45, 7) is 4.45. The van der Waals surface area contributed by atoms with E-state index in [1.165, 1.54) is 0 Å². The molecule has 0 aromatic carbocycles. The monoisotopic (exact) mass is 259 g/mol. The smallest absolute Gasteiger partial charge is 0.222 e. The summed E-state index contributed by atoms with van der Waals surface area (Å²) in [6.07, 6.45) is 3.10. The Bertz CT molecular complexity index is 244. The van der Waals surface area contributed by atoms with Gasteiger partial charge in [0.25, 0.3) is 0 Å². The van der Waals surface area contributed by atoms with Crippen molar-refractivity contribution >= 4 is 23.1 Å². The van der Waals surface area contributed by atoms with E-state index in [4.69, 9.17) is 18.0 Å². The lowest BCUT2D eigenvalue weighted by Crippen LogP contribution is -2.35. The average Bonchev–Trinajstić information content (AvgIpc) is 2.22. The number of nitrogens with zero attached hydrogens (tertiary/aromatic N) is 2. The fraction of sp³-hybridized carbons (Fsp3) is 0.833. The summed E-state index contributed by atoms with van der Waals surface area (Å²) in [7, 11) is 4.07. The van der Waals surface area contributed by atoms with Crippen LogP contribution in [0.4, 0.5) is 0 Å². The van der Waals surface area contributed by atoms with E-state index < -0.39 is 0 Å². The zero-order valence-electron chi connectivity index (χ0n) is 11.2. The molecule has 0 bridgehead atoms. The Kier molecular flexibility index (Phi) is 8.99. The van der Waals surface area contributed by atoms with Crippen molar-refractivity contribution in [3.63, 3.8) is 0 Å². The Morgan fingerprint density at radius 3 is 2.29 bits per heavy atom. The van der Waals surface area contributed by atoms with Gasteiger partial charge in [0.05, 0.1) is 4.99 Å². The number of carbonyl (C=O) groups is 1. The van der Waals surface area contributed by atoms with Gasteiger partial charge >= 0.3 is 0 Å². The Morgan fingerprint density at radius 2 is 1.82 bits per heavy atom. The number of rotatable bonds is 9. The number of amides is 1. The number of thiocarbonyl (C=S) groups is 1. The Morgan fingerprint density at radius 1 is 1.18 bits per heavy atom. The molecule has 1 amide bonds. The molecular formula is C12H25N3OS. The molecule has 5 heteroatoms. The minimum Gasteiger partial charge on any atom is -0.393 e. The zero-order valence-corrected chi connectivity index (χ0v) is 12.1. The van der Waals surface area contributed by atoms with Crippen LogP contribution in [0, 0.1) is 0 Å². The molecule has 0 saturated heterocycles. The summed E-state index contributed by atoms with van der Waals surface area (Å²) < 4.78 is 0. The van der Waals surface area contributed by atoms with Gasteiger partial charge in [-0.15, -0.1) is 0 Å². The Hall–Kier alpha value is -0.680. The van der Waals surface area contributed by atoms with Crippen molar-refractivity contribution in [2.24, 2.45) is 5.73 Å². The van der Waals surface area contributed by atoms with Gasteiger partial charge in [0.2, 0.25) is 5.91 Å². The van der Waals surface area contributed by atoms with Gasteiger partial charge in [0.1, 0.15) is 0 Å². The molecule has 17 heavy (non-hydrogen) atoms. The third-order valence-electron chi connectivity index (χ3n) is 2.48. The molecular weight excluding hydrogens is 234 g/mol. The van der Waals surface area contributed by atoms with Crippen LogP contribution in [0.15, 0.2) is 0 Å². The fourth-order valence-corrected chi connectivity index (χ4v) is 1.65. The van der Waals surface area contributed by atoms with Gasteiger partial charge in [0.15, 0.2) is 0 Å². The van der Waals surface area contributed by atoms with Gasteiger partial charge in [-0.25, -0.2) is 0 Å². The zero-order chi connectivity index (χ0) is 13.3. The van der Waals surface area contributed by atoms with Crippen LogP contribution >= 0.6 is 12.2 Å². The second kappa shape index (κ2) is 9.36. The first-order valence-electron chi connectivity index (χ1n) is 6.18. The highest BCUT2D eigenvalue weighted by molar-refractivity contribution is 7.80. The minimum absolute atomic E-state index is 0.211. The van der Waals surface area contributed by atoms with E-state index in [9.17, 15) is 4.79 Å². The molecule has 0 rings (SSSR count). The molecule has 0 heterocycles. The van der Waals surface area contributed by atoms with E-state index in [0.29, 0.717) is 24.4 Å². The minimum atomic E-state index is 0.211. The highest BCUT2D eigenvalue weighted by atomic mass is 32.1. The van der Waals surface area contributed by atoms with Crippen LogP contribution in [0.3, 0.4) is 0 Å². The van der Waals surface area contributed by atoms with Crippen molar-refractivity contribution in [2.75, 3.05) is 33.7 Å². The van der Waals surface area contributed by atoms with Crippen LogP contribution in [0.2, 0.25) is 0 Å². The van der Waals surface area contributed by atoms with Crippen molar-refractivity contribution in [2.45, 2.75) is 32.6 Å². The van der Waals surface area contributed by atoms with E-state index in [0.717, 1.165) is 25.9 Å². The average molecular weight is 259 g/mol. The number of carbonyl (C=O) groups excluding carboxylic acids is 1. The predicted molar refractivity (Wildman–Crippen MR) is 76.1 cm³/mol. The highest BCUT2D eigenvalue weighted by Crippen LogP contribution is 2.01. The number of nitrogens with two attached hydrogens (primary N) is 1. The molecule has 0 aromatic rings. The molecule has 0 aromatic heterocycles. The highest BCUT2D eigenvalue weighted by Gasteiger charge is 2.12. The van der Waals surface area contributed by atoms with Crippen molar-refractivity contribution in [1.29, 1.82) is 0 Å². The summed E-state index contributed by atoms with van der Waals surface area (Å²) in [5.74, 6) is 0.211. The maximum atomic E-state index is 11.9. The van der Waals surface area contributed by atoms with Gasteiger partial charge in [-0.2, -0.15) is 0 Å². The van der Waals surface area contributed by atoms with Gasteiger partial charge < -0.3 is 15.5 Å². The van der Waals surface area contributed by atoms with Crippen LogP contribution in [-0.2, 0) is 4.79 Å². The fourth-order valence-electron chi connectivity index (χ4n) is 1.56. The van der Waals surface area contributed by atoms with Gasteiger partial charge in [-0.1, -0.05) is 19.1 Å². The lowest BCUT2D eigenvalue weighted by atomic mass is 10.2. The molecule has 4 nitrogen and oxygen atoms in total. The third kappa shape index (κ3) is 9.06. The van der Waals surface area contributed by atoms with Crippen molar-refractivity contribution in [1.82, 2.24) is 9.80 Å². The van der Waals surface area contributed by atoms with Crippen LogP contribution in [0.5, 0.6) is 0 Å². The van der Waals surface area contributed by atoms with E-state index >= 15 is 0 Å². The van der Waals surface area contributed by atoms with Gasteiger partial charge in [-0.05, 0) is 33.5 Å².